The number of carbonyl (C=O) groups is 1. The summed E-state index contributed by atoms with van der Waals surface area (Å²) in [4.78, 5) is 11.5. The van der Waals surface area contributed by atoms with E-state index in [2.05, 4.69) is 12.1 Å². The van der Waals surface area contributed by atoms with E-state index >= 15 is 0 Å². The molecule has 2 heteroatoms. The Balaban J connectivity index is 1.91. The first-order valence-electron chi connectivity index (χ1n) is 8.72. The summed E-state index contributed by atoms with van der Waals surface area (Å²) in [7, 11) is -0.150. The highest BCUT2D eigenvalue weighted by Crippen LogP contribution is 2.55. The summed E-state index contributed by atoms with van der Waals surface area (Å²) < 4.78 is 0. The van der Waals surface area contributed by atoms with Crippen molar-refractivity contribution in [1.29, 1.82) is 0 Å². The molecule has 0 N–H and O–H groups in total. The number of carbonyl (C=O) groups excluding carboxylic acids is 1. The molecule has 0 aliphatic heterocycles. The van der Waals surface area contributed by atoms with Gasteiger partial charge in [0.05, 0.1) is 0 Å². The first-order chi connectivity index (χ1) is 10.4. The first-order valence-corrected chi connectivity index (χ1v) is 10.2. The summed E-state index contributed by atoms with van der Waals surface area (Å²) in [5, 5.41) is 1.42. The lowest BCUT2D eigenvalue weighted by Crippen LogP contribution is -2.27. The van der Waals surface area contributed by atoms with Gasteiger partial charge in [-0.05, 0) is 42.3 Å². The Morgan fingerprint density at radius 3 is 1.86 bits per heavy atom. The van der Waals surface area contributed by atoms with E-state index in [1.54, 1.807) is 0 Å². The second-order valence-corrected chi connectivity index (χ2v) is 9.42. The minimum Gasteiger partial charge on any atom is -0.298 e. The van der Waals surface area contributed by atoms with Crippen LogP contribution in [-0.2, 0) is 0 Å². The molecule has 1 aromatic carbocycles. The third-order valence-electron chi connectivity index (χ3n) is 5.28. The van der Waals surface area contributed by atoms with Crippen molar-refractivity contribution in [2.24, 2.45) is 0 Å². The van der Waals surface area contributed by atoms with Crippen LogP contribution in [0.5, 0.6) is 0 Å². The van der Waals surface area contributed by atoms with Gasteiger partial charge in [-0.15, -0.1) is 0 Å². The zero-order valence-corrected chi connectivity index (χ0v) is 13.9. The molecule has 0 aromatic heterocycles. The SMILES string of the molecule is O=Cc1ccccc1P(C1CCCCC1)C1CCCCC1. The van der Waals surface area contributed by atoms with Crippen LogP contribution in [0.2, 0.25) is 0 Å². The highest BCUT2D eigenvalue weighted by Gasteiger charge is 2.33. The van der Waals surface area contributed by atoms with Crippen molar-refractivity contribution in [3.05, 3.63) is 29.8 Å². The minimum atomic E-state index is -0.150. The van der Waals surface area contributed by atoms with E-state index in [0.717, 1.165) is 23.2 Å². The molecule has 0 radical (unpaired) electrons. The summed E-state index contributed by atoms with van der Waals surface area (Å²) >= 11 is 0. The fourth-order valence-corrected chi connectivity index (χ4v) is 8.14. The number of aldehydes is 1. The molecule has 21 heavy (non-hydrogen) atoms. The monoisotopic (exact) mass is 302 g/mol. The second kappa shape index (κ2) is 7.54. The first kappa shape index (κ1) is 15.2. The van der Waals surface area contributed by atoms with E-state index in [4.69, 9.17) is 0 Å². The third-order valence-corrected chi connectivity index (χ3v) is 8.85. The predicted octanol–water partition coefficient (Wildman–Crippen LogP) is 5.27. The fourth-order valence-electron chi connectivity index (χ4n) is 4.23. The maximum atomic E-state index is 11.5. The standard InChI is InChI=1S/C19H27OP/c20-15-16-9-7-8-14-19(16)21(17-10-3-1-4-11-17)18-12-5-2-6-13-18/h7-9,14-15,17-18H,1-6,10-13H2. The van der Waals surface area contributed by atoms with Crippen LogP contribution in [0.1, 0.15) is 74.6 Å². The third kappa shape index (κ3) is 3.57. The van der Waals surface area contributed by atoms with E-state index in [9.17, 15) is 4.79 Å². The maximum absolute atomic E-state index is 11.5. The Morgan fingerprint density at radius 2 is 1.33 bits per heavy atom. The van der Waals surface area contributed by atoms with E-state index in [1.807, 2.05) is 12.1 Å². The van der Waals surface area contributed by atoms with E-state index in [1.165, 1.54) is 69.5 Å². The van der Waals surface area contributed by atoms with Gasteiger partial charge in [0.1, 0.15) is 0 Å². The van der Waals surface area contributed by atoms with Crippen LogP contribution in [0.25, 0.3) is 0 Å². The van der Waals surface area contributed by atoms with Gasteiger partial charge >= 0.3 is 0 Å². The smallest absolute Gasteiger partial charge is 0.150 e. The van der Waals surface area contributed by atoms with Gasteiger partial charge < -0.3 is 0 Å². The average Bonchev–Trinajstić information content (AvgIpc) is 2.58. The molecule has 0 unspecified atom stereocenters. The van der Waals surface area contributed by atoms with Crippen LogP contribution in [0.3, 0.4) is 0 Å². The van der Waals surface area contributed by atoms with Crippen molar-refractivity contribution in [3.63, 3.8) is 0 Å². The largest absolute Gasteiger partial charge is 0.298 e. The van der Waals surface area contributed by atoms with E-state index < -0.39 is 0 Å². The Labute approximate surface area is 130 Å². The average molecular weight is 302 g/mol. The minimum absolute atomic E-state index is 0.150. The number of hydrogen-bond acceptors (Lipinski definition) is 1. The maximum Gasteiger partial charge on any atom is 0.150 e. The number of rotatable bonds is 4. The van der Waals surface area contributed by atoms with Gasteiger partial charge in [0.15, 0.2) is 6.29 Å². The van der Waals surface area contributed by atoms with Gasteiger partial charge in [-0.3, -0.25) is 4.79 Å². The molecule has 1 nitrogen and oxygen atoms in total. The summed E-state index contributed by atoms with van der Waals surface area (Å²) in [6.45, 7) is 0. The second-order valence-electron chi connectivity index (χ2n) is 6.67. The molecular weight excluding hydrogens is 275 g/mol. The molecule has 114 valence electrons. The summed E-state index contributed by atoms with van der Waals surface area (Å²) in [5.74, 6) is 0. The van der Waals surface area contributed by atoms with E-state index in [-0.39, 0.29) is 7.92 Å². The molecule has 2 aliphatic carbocycles. The molecule has 0 saturated heterocycles. The summed E-state index contributed by atoms with van der Waals surface area (Å²) in [6.07, 6.45) is 15.1. The van der Waals surface area contributed by atoms with Crippen molar-refractivity contribution in [2.75, 3.05) is 0 Å². The summed E-state index contributed by atoms with van der Waals surface area (Å²) in [5.41, 5.74) is 2.72. The highest BCUT2D eigenvalue weighted by atomic mass is 31.1. The Bertz CT molecular complexity index is 440. The van der Waals surface area contributed by atoms with Gasteiger partial charge in [0, 0.05) is 5.56 Å². The fraction of sp³-hybridized carbons (Fsp3) is 0.632. The lowest BCUT2D eigenvalue weighted by atomic mass is 9.99. The van der Waals surface area contributed by atoms with Gasteiger partial charge in [0.2, 0.25) is 0 Å². The van der Waals surface area contributed by atoms with Gasteiger partial charge in [-0.25, -0.2) is 0 Å². The molecule has 0 spiro atoms. The number of hydrogen-bond donors (Lipinski definition) is 0. The highest BCUT2D eigenvalue weighted by molar-refractivity contribution is 7.67. The Hall–Kier alpha value is -0.680. The van der Waals surface area contributed by atoms with Crippen molar-refractivity contribution in [1.82, 2.24) is 0 Å². The molecular formula is C19H27OP. The molecule has 0 bridgehead atoms. The van der Waals surface area contributed by atoms with Crippen molar-refractivity contribution in [2.45, 2.75) is 75.5 Å². The van der Waals surface area contributed by atoms with Crippen molar-refractivity contribution >= 4 is 19.5 Å². The molecule has 0 atom stereocenters. The lowest BCUT2D eigenvalue weighted by Gasteiger charge is -2.39. The topological polar surface area (TPSA) is 17.1 Å². The van der Waals surface area contributed by atoms with Crippen LogP contribution in [0.4, 0.5) is 0 Å². The lowest BCUT2D eigenvalue weighted by molar-refractivity contribution is 0.112. The molecule has 0 heterocycles. The van der Waals surface area contributed by atoms with Crippen LogP contribution < -0.4 is 5.30 Å². The van der Waals surface area contributed by atoms with Gasteiger partial charge in [-0.2, -0.15) is 0 Å². The molecule has 1 aromatic rings. The van der Waals surface area contributed by atoms with E-state index in [0.29, 0.717) is 0 Å². The zero-order chi connectivity index (χ0) is 14.5. The normalized spacial score (nSPS) is 21.6. The zero-order valence-electron chi connectivity index (χ0n) is 13.0. The Morgan fingerprint density at radius 1 is 0.810 bits per heavy atom. The molecule has 2 aliphatic rings. The summed E-state index contributed by atoms with van der Waals surface area (Å²) in [6, 6.07) is 8.45. The number of benzene rings is 1. The quantitative estimate of drug-likeness (QED) is 0.547. The van der Waals surface area contributed by atoms with Crippen LogP contribution in [-0.4, -0.2) is 17.6 Å². The van der Waals surface area contributed by atoms with Crippen molar-refractivity contribution in [3.8, 4) is 0 Å². The molecule has 0 amide bonds. The van der Waals surface area contributed by atoms with Crippen LogP contribution >= 0.6 is 7.92 Å². The predicted molar refractivity (Wildman–Crippen MR) is 92.1 cm³/mol. The molecule has 2 saturated carbocycles. The van der Waals surface area contributed by atoms with Gasteiger partial charge in [-0.1, -0.05) is 70.7 Å². The van der Waals surface area contributed by atoms with Crippen molar-refractivity contribution < 1.29 is 4.79 Å². The van der Waals surface area contributed by atoms with Crippen LogP contribution in [0, 0.1) is 0 Å². The Kier molecular flexibility index (Phi) is 5.47. The van der Waals surface area contributed by atoms with Crippen LogP contribution in [0.15, 0.2) is 24.3 Å². The molecule has 3 rings (SSSR count). The molecule has 2 fully saturated rings. The van der Waals surface area contributed by atoms with Gasteiger partial charge in [0.25, 0.3) is 0 Å².